The standard InChI is InChI=1S/C27H33F3O/c1-3-5-18-7-9-20(10-8-18)17-24(31)23-16-15-22(26(28)25(23)27(29)30)21-13-11-19(6-4-2)12-14-21/h11-16,18,20,27H,3-10,17H2,1-2H3. The Kier molecular flexibility index (Phi) is 8.34. The average molecular weight is 431 g/mol. The molecule has 0 aromatic heterocycles. The number of alkyl halides is 2. The summed E-state index contributed by atoms with van der Waals surface area (Å²) in [5.74, 6) is -0.415. The van der Waals surface area contributed by atoms with Gasteiger partial charge in [-0.3, -0.25) is 4.79 Å². The third-order valence-corrected chi connectivity index (χ3v) is 6.64. The summed E-state index contributed by atoms with van der Waals surface area (Å²) in [6.45, 7) is 4.26. The number of carbonyl (C=O) groups excluding carboxylic acids is 1. The summed E-state index contributed by atoms with van der Waals surface area (Å²) < 4.78 is 42.8. The van der Waals surface area contributed by atoms with Gasteiger partial charge >= 0.3 is 0 Å². The second-order valence-corrected chi connectivity index (χ2v) is 8.94. The lowest BCUT2D eigenvalue weighted by molar-refractivity contribution is 0.0926. The van der Waals surface area contributed by atoms with Crippen LogP contribution in [0.5, 0.6) is 0 Å². The number of hydrogen-bond donors (Lipinski definition) is 0. The quantitative estimate of drug-likeness (QED) is 0.364. The number of hydrogen-bond acceptors (Lipinski definition) is 1. The highest BCUT2D eigenvalue weighted by Crippen LogP contribution is 2.37. The lowest BCUT2D eigenvalue weighted by Gasteiger charge is -2.28. The minimum atomic E-state index is -3.03. The Balaban J connectivity index is 1.79. The van der Waals surface area contributed by atoms with E-state index >= 15 is 4.39 Å². The van der Waals surface area contributed by atoms with Gasteiger partial charge in [0, 0.05) is 17.5 Å². The number of aryl methyl sites for hydroxylation is 1. The van der Waals surface area contributed by atoms with Gasteiger partial charge in [0.25, 0.3) is 6.43 Å². The predicted octanol–water partition coefficient (Wildman–Crippen LogP) is 8.56. The first kappa shape index (κ1) is 23.6. The topological polar surface area (TPSA) is 17.1 Å². The third kappa shape index (κ3) is 5.78. The van der Waals surface area contributed by atoms with Gasteiger partial charge in [-0.25, -0.2) is 13.2 Å². The Bertz CT molecular complexity index is 865. The highest BCUT2D eigenvalue weighted by Gasteiger charge is 2.28. The normalized spacial score (nSPS) is 19.0. The second kappa shape index (κ2) is 11.0. The van der Waals surface area contributed by atoms with E-state index in [1.807, 2.05) is 12.1 Å². The first-order valence-electron chi connectivity index (χ1n) is 11.7. The van der Waals surface area contributed by atoms with E-state index in [1.165, 1.54) is 25.0 Å². The fourth-order valence-corrected chi connectivity index (χ4v) is 4.92. The molecule has 0 amide bonds. The van der Waals surface area contributed by atoms with Crippen molar-refractivity contribution in [3.63, 3.8) is 0 Å². The van der Waals surface area contributed by atoms with Gasteiger partial charge in [0.05, 0.1) is 5.56 Å². The monoisotopic (exact) mass is 430 g/mol. The Labute approximate surface area is 184 Å². The Morgan fingerprint density at radius 1 is 0.935 bits per heavy atom. The third-order valence-electron chi connectivity index (χ3n) is 6.64. The maximum Gasteiger partial charge on any atom is 0.267 e. The molecule has 0 heterocycles. The van der Waals surface area contributed by atoms with Gasteiger partial charge in [-0.15, -0.1) is 0 Å². The summed E-state index contributed by atoms with van der Waals surface area (Å²) in [7, 11) is 0. The van der Waals surface area contributed by atoms with Crippen molar-refractivity contribution < 1.29 is 18.0 Å². The Morgan fingerprint density at radius 3 is 2.16 bits per heavy atom. The van der Waals surface area contributed by atoms with Crippen LogP contribution >= 0.6 is 0 Å². The van der Waals surface area contributed by atoms with E-state index in [1.54, 1.807) is 12.1 Å². The molecule has 1 aliphatic rings. The Hall–Kier alpha value is -2.10. The molecule has 0 N–H and O–H groups in total. The van der Waals surface area contributed by atoms with Gasteiger partial charge in [0.2, 0.25) is 0 Å². The summed E-state index contributed by atoms with van der Waals surface area (Å²) >= 11 is 0. The fraction of sp³-hybridized carbons (Fsp3) is 0.519. The average Bonchev–Trinajstić information content (AvgIpc) is 2.75. The van der Waals surface area contributed by atoms with E-state index in [2.05, 4.69) is 13.8 Å². The van der Waals surface area contributed by atoms with Gasteiger partial charge in [-0.1, -0.05) is 82.3 Å². The SMILES string of the molecule is CCCc1ccc(-c2ccc(C(=O)CC3CCC(CCC)CC3)c(C(F)F)c2F)cc1. The smallest absolute Gasteiger partial charge is 0.267 e. The highest BCUT2D eigenvalue weighted by molar-refractivity contribution is 5.98. The summed E-state index contributed by atoms with van der Waals surface area (Å²) in [6, 6.07) is 10.2. The molecular weight excluding hydrogens is 397 g/mol. The van der Waals surface area contributed by atoms with E-state index in [-0.39, 0.29) is 29.2 Å². The van der Waals surface area contributed by atoms with E-state index in [4.69, 9.17) is 0 Å². The molecular formula is C27H33F3O. The molecule has 0 spiro atoms. The summed E-state index contributed by atoms with van der Waals surface area (Å²) in [5, 5.41) is 0. The summed E-state index contributed by atoms with van der Waals surface area (Å²) in [4.78, 5) is 12.9. The maximum absolute atomic E-state index is 15.2. The fourth-order valence-electron chi connectivity index (χ4n) is 4.92. The van der Waals surface area contributed by atoms with Gasteiger partial charge < -0.3 is 0 Å². The first-order valence-corrected chi connectivity index (χ1v) is 11.7. The number of Topliss-reactive ketones (excluding diaryl/α,β-unsaturated/α-hetero) is 1. The van der Waals surface area contributed by atoms with Crippen LogP contribution in [-0.4, -0.2) is 5.78 Å². The largest absolute Gasteiger partial charge is 0.294 e. The van der Waals surface area contributed by atoms with E-state index in [9.17, 15) is 13.6 Å². The van der Waals surface area contributed by atoms with Crippen LogP contribution in [0.15, 0.2) is 36.4 Å². The van der Waals surface area contributed by atoms with Gasteiger partial charge in [-0.2, -0.15) is 0 Å². The van der Waals surface area contributed by atoms with Gasteiger partial charge in [0.1, 0.15) is 5.82 Å². The van der Waals surface area contributed by atoms with Gasteiger partial charge in [0.15, 0.2) is 5.78 Å². The number of benzene rings is 2. The number of carbonyl (C=O) groups is 1. The van der Waals surface area contributed by atoms with E-state index < -0.39 is 17.8 Å². The van der Waals surface area contributed by atoms with Crippen LogP contribution < -0.4 is 0 Å². The van der Waals surface area contributed by atoms with Crippen LogP contribution in [-0.2, 0) is 6.42 Å². The van der Waals surface area contributed by atoms with Crippen LogP contribution in [0.2, 0.25) is 0 Å². The zero-order valence-electron chi connectivity index (χ0n) is 18.6. The van der Waals surface area contributed by atoms with Crippen LogP contribution in [0.4, 0.5) is 13.2 Å². The molecule has 1 saturated carbocycles. The molecule has 0 unspecified atom stereocenters. The molecule has 1 aliphatic carbocycles. The molecule has 0 atom stereocenters. The molecule has 0 aliphatic heterocycles. The first-order chi connectivity index (χ1) is 14.9. The van der Waals surface area contributed by atoms with Crippen molar-refractivity contribution in [1.29, 1.82) is 0 Å². The van der Waals surface area contributed by atoms with Crippen LogP contribution in [0.1, 0.15) is 93.1 Å². The molecule has 4 heteroatoms. The molecule has 0 bridgehead atoms. The predicted molar refractivity (Wildman–Crippen MR) is 120 cm³/mol. The summed E-state index contributed by atoms with van der Waals surface area (Å²) in [5.41, 5.74) is 0.887. The van der Waals surface area contributed by atoms with Crippen molar-refractivity contribution in [3.8, 4) is 11.1 Å². The van der Waals surface area contributed by atoms with Crippen LogP contribution in [0, 0.1) is 17.7 Å². The van der Waals surface area contributed by atoms with Crippen molar-refractivity contribution >= 4 is 5.78 Å². The van der Waals surface area contributed by atoms with Crippen molar-refractivity contribution in [3.05, 3.63) is 58.9 Å². The molecule has 31 heavy (non-hydrogen) atoms. The van der Waals surface area contributed by atoms with Crippen molar-refractivity contribution in [2.24, 2.45) is 11.8 Å². The molecule has 168 valence electrons. The molecule has 2 aromatic carbocycles. The van der Waals surface area contributed by atoms with E-state index in [0.29, 0.717) is 11.5 Å². The second-order valence-electron chi connectivity index (χ2n) is 8.94. The lowest BCUT2D eigenvalue weighted by atomic mass is 9.77. The number of halogens is 3. The van der Waals surface area contributed by atoms with E-state index in [0.717, 1.165) is 44.1 Å². The molecule has 1 fully saturated rings. The number of ketones is 1. The molecule has 1 nitrogen and oxygen atoms in total. The van der Waals surface area contributed by atoms with Crippen molar-refractivity contribution in [1.82, 2.24) is 0 Å². The van der Waals surface area contributed by atoms with Crippen LogP contribution in [0.3, 0.4) is 0 Å². The van der Waals surface area contributed by atoms with Crippen molar-refractivity contribution in [2.75, 3.05) is 0 Å². The number of rotatable bonds is 9. The molecule has 2 aromatic rings. The zero-order valence-corrected chi connectivity index (χ0v) is 18.6. The molecule has 0 saturated heterocycles. The molecule has 0 radical (unpaired) electrons. The Morgan fingerprint density at radius 2 is 1.58 bits per heavy atom. The summed E-state index contributed by atoms with van der Waals surface area (Å²) in [6.07, 6.45) is 5.57. The zero-order chi connectivity index (χ0) is 22.4. The van der Waals surface area contributed by atoms with Crippen LogP contribution in [0.25, 0.3) is 11.1 Å². The maximum atomic E-state index is 15.2. The van der Waals surface area contributed by atoms with Crippen molar-refractivity contribution in [2.45, 2.75) is 78.1 Å². The minimum absolute atomic E-state index is 0.120. The minimum Gasteiger partial charge on any atom is -0.294 e. The molecule has 3 rings (SSSR count). The highest BCUT2D eigenvalue weighted by atomic mass is 19.3. The van der Waals surface area contributed by atoms with Gasteiger partial charge in [-0.05, 0) is 42.2 Å². The lowest BCUT2D eigenvalue weighted by Crippen LogP contribution is -2.18.